The number of ether oxygens (including phenoxy) is 1. The molecule has 8 heteroatoms. The molecule has 0 fully saturated rings. The summed E-state index contributed by atoms with van der Waals surface area (Å²) in [5, 5.41) is 6.33. The number of carbonyl (C=O) groups excluding carboxylic acids is 2. The van der Waals surface area contributed by atoms with Crippen LogP contribution in [0, 0.1) is 0 Å². The van der Waals surface area contributed by atoms with Crippen LogP contribution in [0.2, 0.25) is 0 Å². The summed E-state index contributed by atoms with van der Waals surface area (Å²) in [6, 6.07) is 3.21. The van der Waals surface area contributed by atoms with E-state index in [-0.39, 0.29) is 6.54 Å². The molecule has 2 aromatic rings. The Labute approximate surface area is 108 Å². The molecule has 0 aliphatic carbocycles. The third-order valence-corrected chi connectivity index (χ3v) is 2.28. The summed E-state index contributed by atoms with van der Waals surface area (Å²) in [4.78, 5) is 30.4. The second kappa shape index (κ2) is 5.71. The number of rotatable bonds is 4. The van der Waals surface area contributed by atoms with Gasteiger partial charge in [0.1, 0.15) is 19.2 Å². The lowest BCUT2D eigenvalue weighted by Crippen LogP contribution is -2.30. The normalized spacial score (nSPS) is 9.95. The van der Waals surface area contributed by atoms with Crippen molar-refractivity contribution in [3.05, 3.63) is 36.5 Å². The zero-order chi connectivity index (χ0) is 13.7. The van der Waals surface area contributed by atoms with Crippen LogP contribution >= 0.6 is 0 Å². The Morgan fingerprint density at radius 2 is 2.26 bits per heavy atom. The van der Waals surface area contributed by atoms with E-state index in [1.165, 1.54) is 30.6 Å². The van der Waals surface area contributed by atoms with E-state index in [0.717, 1.165) is 0 Å². The van der Waals surface area contributed by atoms with Crippen molar-refractivity contribution in [2.24, 2.45) is 0 Å². The lowest BCUT2D eigenvalue weighted by atomic mass is 10.2. The highest BCUT2D eigenvalue weighted by atomic mass is 16.5. The van der Waals surface area contributed by atoms with Crippen LogP contribution in [0.15, 0.2) is 31.0 Å². The maximum atomic E-state index is 11.7. The number of methoxy groups -OCH3 is 1. The van der Waals surface area contributed by atoms with Gasteiger partial charge in [-0.05, 0) is 12.1 Å². The number of aromatic nitrogens is 4. The van der Waals surface area contributed by atoms with Crippen molar-refractivity contribution in [3.8, 4) is 5.82 Å². The first-order valence-corrected chi connectivity index (χ1v) is 5.37. The molecule has 0 saturated heterocycles. The number of hydrogen-bond donors (Lipinski definition) is 1. The molecule has 2 heterocycles. The largest absolute Gasteiger partial charge is 0.468 e. The van der Waals surface area contributed by atoms with E-state index in [1.54, 1.807) is 12.1 Å². The minimum absolute atomic E-state index is 0.180. The van der Waals surface area contributed by atoms with E-state index >= 15 is 0 Å². The zero-order valence-corrected chi connectivity index (χ0v) is 10.1. The molecular weight excluding hydrogens is 250 g/mol. The molecule has 2 aromatic heterocycles. The molecule has 0 aliphatic heterocycles. The van der Waals surface area contributed by atoms with Crippen LogP contribution in [0.5, 0.6) is 0 Å². The first-order valence-electron chi connectivity index (χ1n) is 5.37. The number of hydrogen-bond acceptors (Lipinski definition) is 6. The van der Waals surface area contributed by atoms with Crippen molar-refractivity contribution in [2.45, 2.75) is 0 Å². The lowest BCUT2D eigenvalue weighted by molar-refractivity contribution is -0.139. The van der Waals surface area contributed by atoms with Gasteiger partial charge in [0.15, 0.2) is 5.82 Å². The number of nitrogens with zero attached hydrogens (tertiary/aromatic N) is 4. The fourth-order valence-electron chi connectivity index (χ4n) is 1.31. The third kappa shape index (κ3) is 3.12. The second-order valence-corrected chi connectivity index (χ2v) is 3.50. The van der Waals surface area contributed by atoms with Crippen LogP contribution in [0.3, 0.4) is 0 Å². The molecule has 1 amide bonds. The van der Waals surface area contributed by atoms with Crippen LogP contribution in [0.1, 0.15) is 10.4 Å². The van der Waals surface area contributed by atoms with Gasteiger partial charge in [-0.1, -0.05) is 0 Å². The Morgan fingerprint density at radius 3 is 2.84 bits per heavy atom. The molecule has 19 heavy (non-hydrogen) atoms. The molecule has 0 atom stereocenters. The minimum Gasteiger partial charge on any atom is -0.468 e. The molecule has 2 rings (SSSR count). The lowest BCUT2D eigenvalue weighted by Gasteiger charge is -2.04. The molecule has 0 spiro atoms. The van der Waals surface area contributed by atoms with Crippen molar-refractivity contribution in [2.75, 3.05) is 13.7 Å². The molecule has 8 nitrogen and oxygen atoms in total. The van der Waals surface area contributed by atoms with Gasteiger partial charge in [-0.3, -0.25) is 9.59 Å². The highest BCUT2D eigenvalue weighted by Gasteiger charge is 2.09. The van der Waals surface area contributed by atoms with Gasteiger partial charge in [0.05, 0.1) is 12.7 Å². The Balaban J connectivity index is 2.02. The number of amides is 1. The van der Waals surface area contributed by atoms with Crippen molar-refractivity contribution < 1.29 is 14.3 Å². The van der Waals surface area contributed by atoms with Gasteiger partial charge in [-0.25, -0.2) is 14.6 Å². The first-order chi connectivity index (χ1) is 9.20. The van der Waals surface area contributed by atoms with Crippen molar-refractivity contribution >= 4 is 11.9 Å². The number of nitrogens with one attached hydrogen (secondary N) is 1. The van der Waals surface area contributed by atoms with E-state index in [9.17, 15) is 9.59 Å². The Hall–Kier alpha value is -2.77. The van der Waals surface area contributed by atoms with Gasteiger partial charge in [0.2, 0.25) is 0 Å². The number of esters is 1. The van der Waals surface area contributed by atoms with E-state index in [2.05, 4.69) is 25.1 Å². The quantitative estimate of drug-likeness (QED) is 0.749. The number of pyridine rings is 1. The average molecular weight is 261 g/mol. The van der Waals surface area contributed by atoms with Crippen molar-refractivity contribution in [3.63, 3.8) is 0 Å². The summed E-state index contributed by atoms with van der Waals surface area (Å²) in [6.45, 7) is -0.180. The standard InChI is InChI=1S/C11H11N5O3/c1-19-10(17)5-14-11(18)8-2-3-9(13-4-8)16-7-12-6-15-16/h2-4,6-7H,5H2,1H3,(H,14,18). The Morgan fingerprint density at radius 1 is 1.42 bits per heavy atom. The van der Waals surface area contributed by atoms with Crippen LogP contribution in [-0.4, -0.2) is 45.3 Å². The Kier molecular flexibility index (Phi) is 3.81. The minimum atomic E-state index is -0.513. The predicted octanol–water partition coefficient (Wildman–Crippen LogP) is -0.435. The molecule has 0 aliphatic rings. The molecule has 1 N–H and O–H groups in total. The maximum Gasteiger partial charge on any atom is 0.325 e. The number of carbonyl (C=O) groups is 2. The van der Waals surface area contributed by atoms with Gasteiger partial charge in [0, 0.05) is 6.20 Å². The maximum absolute atomic E-state index is 11.7. The topological polar surface area (TPSA) is 99.0 Å². The summed E-state index contributed by atoms with van der Waals surface area (Å²) in [6.07, 6.45) is 4.28. The highest BCUT2D eigenvalue weighted by Crippen LogP contribution is 2.03. The third-order valence-electron chi connectivity index (χ3n) is 2.28. The van der Waals surface area contributed by atoms with Crippen LogP contribution in [-0.2, 0) is 9.53 Å². The predicted molar refractivity (Wildman–Crippen MR) is 63.5 cm³/mol. The van der Waals surface area contributed by atoms with E-state index in [1.807, 2.05) is 0 Å². The van der Waals surface area contributed by atoms with Crippen molar-refractivity contribution in [1.82, 2.24) is 25.1 Å². The summed E-state index contributed by atoms with van der Waals surface area (Å²) in [5.41, 5.74) is 0.341. The van der Waals surface area contributed by atoms with E-state index in [4.69, 9.17) is 0 Å². The van der Waals surface area contributed by atoms with Gasteiger partial charge < -0.3 is 10.1 Å². The van der Waals surface area contributed by atoms with Gasteiger partial charge >= 0.3 is 5.97 Å². The molecule has 0 aromatic carbocycles. The molecule has 0 unspecified atom stereocenters. The second-order valence-electron chi connectivity index (χ2n) is 3.50. The van der Waals surface area contributed by atoms with Gasteiger partial charge in [-0.2, -0.15) is 5.10 Å². The smallest absolute Gasteiger partial charge is 0.325 e. The fourth-order valence-corrected chi connectivity index (χ4v) is 1.31. The van der Waals surface area contributed by atoms with Crippen LogP contribution in [0.25, 0.3) is 5.82 Å². The van der Waals surface area contributed by atoms with Crippen molar-refractivity contribution in [1.29, 1.82) is 0 Å². The monoisotopic (exact) mass is 261 g/mol. The molecule has 0 saturated carbocycles. The van der Waals surface area contributed by atoms with E-state index < -0.39 is 11.9 Å². The molecule has 0 bridgehead atoms. The summed E-state index contributed by atoms with van der Waals surface area (Å²) < 4.78 is 5.89. The summed E-state index contributed by atoms with van der Waals surface area (Å²) in [5.74, 6) is -0.370. The van der Waals surface area contributed by atoms with Gasteiger partial charge in [0.25, 0.3) is 5.91 Å². The summed E-state index contributed by atoms with van der Waals surface area (Å²) >= 11 is 0. The molecule has 98 valence electrons. The zero-order valence-electron chi connectivity index (χ0n) is 10.1. The molecular formula is C11H11N5O3. The Bertz CT molecular complexity index is 565. The van der Waals surface area contributed by atoms with E-state index in [0.29, 0.717) is 11.4 Å². The SMILES string of the molecule is COC(=O)CNC(=O)c1ccc(-n2cncn2)nc1. The first kappa shape index (κ1) is 12.7. The van der Waals surface area contributed by atoms with Crippen LogP contribution in [0.4, 0.5) is 0 Å². The average Bonchev–Trinajstić information content (AvgIpc) is 2.98. The van der Waals surface area contributed by atoms with Crippen LogP contribution < -0.4 is 5.32 Å². The van der Waals surface area contributed by atoms with Gasteiger partial charge in [-0.15, -0.1) is 0 Å². The summed E-state index contributed by atoms with van der Waals surface area (Å²) in [7, 11) is 1.25. The highest BCUT2D eigenvalue weighted by molar-refractivity contribution is 5.95. The molecule has 0 radical (unpaired) electrons. The fraction of sp³-hybridized carbons (Fsp3) is 0.182.